The molecular weight excluding hydrogens is 384 g/mol. The van der Waals surface area contributed by atoms with Gasteiger partial charge >= 0.3 is 0 Å². The monoisotopic (exact) mass is 406 g/mol. The van der Waals surface area contributed by atoms with Crippen molar-refractivity contribution < 1.29 is 9.53 Å². The van der Waals surface area contributed by atoms with Gasteiger partial charge in [-0.25, -0.2) is 9.97 Å². The number of amides is 1. The summed E-state index contributed by atoms with van der Waals surface area (Å²) in [7, 11) is 1.59. The number of nitrogens with zero attached hydrogens (tertiary/aromatic N) is 5. The third kappa shape index (κ3) is 3.10. The largest absolute Gasteiger partial charge is 0.480 e. The van der Waals surface area contributed by atoms with Gasteiger partial charge in [0.1, 0.15) is 5.65 Å². The Labute approximate surface area is 172 Å². The summed E-state index contributed by atoms with van der Waals surface area (Å²) in [5, 5.41) is 7.13. The van der Waals surface area contributed by atoms with Gasteiger partial charge in [-0.1, -0.05) is 0 Å². The molecule has 0 atom stereocenters. The van der Waals surface area contributed by atoms with Gasteiger partial charge in [-0.15, -0.1) is 0 Å². The number of rotatable bonds is 5. The van der Waals surface area contributed by atoms with Crippen molar-refractivity contribution in [3.63, 3.8) is 0 Å². The number of aromatic amines is 1. The fourth-order valence-electron chi connectivity index (χ4n) is 4.24. The van der Waals surface area contributed by atoms with Crippen molar-refractivity contribution in [1.29, 1.82) is 0 Å². The molecule has 0 unspecified atom stereocenters. The highest BCUT2D eigenvalue weighted by Crippen LogP contribution is 2.36. The molecule has 0 aliphatic heterocycles. The van der Waals surface area contributed by atoms with Crippen LogP contribution in [0.2, 0.25) is 0 Å². The van der Waals surface area contributed by atoms with Crippen LogP contribution in [0.15, 0.2) is 31.0 Å². The Kier molecular flexibility index (Phi) is 4.09. The van der Waals surface area contributed by atoms with Crippen molar-refractivity contribution >= 4 is 28.7 Å². The van der Waals surface area contributed by atoms with E-state index in [9.17, 15) is 4.79 Å². The molecule has 0 spiro atoms. The van der Waals surface area contributed by atoms with Gasteiger partial charge in [-0.2, -0.15) is 9.97 Å². The fourth-order valence-corrected chi connectivity index (χ4v) is 4.24. The van der Waals surface area contributed by atoms with Crippen LogP contribution in [0, 0.1) is 0 Å². The van der Waals surface area contributed by atoms with Gasteiger partial charge in [-0.05, 0) is 19.8 Å². The number of aromatic nitrogens is 6. The van der Waals surface area contributed by atoms with E-state index in [0.717, 1.165) is 29.4 Å². The molecule has 5 rings (SSSR count). The van der Waals surface area contributed by atoms with Crippen LogP contribution in [0.25, 0.3) is 27.9 Å². The van der Waals surface area contributed by atoms with E-state index < -0.39 is 0 Å². The molecule has 1 saturated carbocycles. The minimum absolute atomic E-state index is 0.0161. The number of hydrogen-bond acceptors (Lipinski definition) is 7. The first-order valence-corrected chi connectivity index (χ1v) is 9.71. The Morgan fingerprint density at radius 3 is 2.93 bits per heavy atom. The van der Waals surface area contributed by atoms with Gasteiger partial charge in [0.25, 0.3) is 0 Å². The van der Waals surface area contributed by atoms with Crippen LogP contribution in [0.5, 0.6) is 5.88 Å². The number of anilines is 1. The Bertz CT molecular complexity index is 1250. The zero-order chi connectivity index (χ0) is 20.9. The number of ether oxygens (including phenoxy) is 1. The number of methoxy groups -OCH3 is 1. The minimum Gasteiger partial charge on any atom is -0.480 e. The summed E-state index contributed by atoms with van der Waals surface area (Å²) in [6, 6.07) is 0.186. The maximum atomic E-state index is 11.3. The molecule has 4 aromatic rings. The second kappa shape index (κ2) is 6.68. The third-order valence-corrected chi connectivity index (χ3v) is 5.45. The summed E-state index contributed by atoms with van der Waals surface area (Å²) in [6.45, 7) is 3.58. The van der Waals surface area contributed by atoms with Crippen molar-refractivity contribution in [2.75, 3.05) is 12.4 Å². The summed E-state index contributed by atoms with van der Waals surface area (Å²) in [4.78, 5) is 32.3. The molecule has 154 valence electrons. The minimum atomic E-state index is -0.184. The molecule has 1 fully saturated rings. The van der Waals surface area contributed by atoms with E-state index in [2.05, 4.69) is 35.6 Å². The Morgan fingerprint density at radius 1 is 1.33 bits per heavy atom. The summed E-state index contributed by atoms with van der Waals surface area (Å²) in [5.41, 5.74) is 2.29. The number of carbonyl (C=O) groups is 1. The van der Waals surface area contributed by atoms with Gasteiger partial charge in [0.05, 0.1) is 12.5 Å². The second-order valence-corrected chi connectivity index (χ2v) is 7.95. The van der Waals surface area contributed by atoms with Crippen LogP contribution in [0.1, 0.15) is 26.7 Å². The van der Waals surface area contributed by atoms with Gasteiger partial charge < -0.3 is 20.4 Å². The van der Waals surface area contributed by atoms with Crippen LogP contribution in [-0.4, -0.2) is 53.9 Å². The average Bonchev–Trinajstić information content (AvgIpc) is 3.31. The van der Waals surface area contributed by atoms with E-state index in [4.69, 9.17) is 4.74 Å². The molecular formula is C20H22N8O2. The Morgan fingerprint density at radius 2 is 2.17 bits per heavy atom. The quantitative estimate of drug-likeness (QED) is 0.464. The molecule has 10 nitrogen and oxygen atoms in total. The number of H-pyrrole nitrogens is 1. The molecule has 10 heteroatoms. The normalized spacial score (nSPS) is 20.8. The van der Waals surface area contributed by atoms with Crippen molar-refractivity contribution in [1.82, 2.24) is 34.6 Å². The van der Waals surface area contributed by atoms with Crippen molar-refractivity contribution in [2.45, 2.75) is 38.3 Å². The lowest BCUT2D eigenvalue weighted by Crippen LogP contribution is -2.59. The Balaban J connectivity index is 1.44. The first kappa shape index (κ1) is 18.3. The molecule has 4 heterocycles. The van der Waals surface area contributed by atoms with Gasteiger partial charge in [0.2, 0.25) is 23.5 Å². The lowest BCUT2D eigenvalue weighted by Gasteiger charge is -2.45. The van der Waals surface area contributed by atoms with Crippen LogP contribution >= 0.6 is 0 Å². The highest BCUT2D eigenvalue weighted by Gasteiger charge is 2.41. The number of carbonyl (C=O) groups excluding carboxylic acids is 1. The molecule has 1 aliphatic carbocycles. The van der Waals surface area contributed by atoms with Crippen molar-refractivity contribution in [3.8, 4) is 17.0 Å². The maximum absolute atomic E-state index is 11.3. The highest BCUT2D eigenvalue weighted by atomic mass is 16.5. The molecule has 30 heavy (non-hydrogen) atoms. The molecule has 0 aromatic carbocycles. The molecule has 0 bridgehead atoms. The molecule has 1 amide bonds. The van der Waals surface area contributed by atoms with E-state index >= 15 is 0 Å². The highest BCUT2D eigenvalue weighted by molar-refractivity contribution is 5.97. The first-order valence-electron chi connectivity index (χ1n) is 9.71. The topological polar surface area (TPSA) is 122 Å². The zero-order valence-corrected chi connectivity index (χ0v) is 16.9. The zero-order valence-electron chi connectivity index (χ0n) is 16.9. The first-order chi connectivity index (χ1) is 14.4. The van der Waals surface area contributed by atoms with E-state index in [0.29, 0.717) is 23.3 Å². The van der Waals surface area contributed by atoms with Gasteiger partial charge in [0, 0.05) is 60.6 Å². The molecule has 1 aliphatic rings. The predicted octanol–water partition coefficient (Wildman–Crippen LogP) is 2.15. The molecule has 4 aromatic heterocycles. The van der Waals surface area contributed by atoms with Crippen LogP contribution < -0.4 is 15.4 Å². The molecule has 0 saturated heterocycles. The van der Waals surface area contributed by atoms with Crippen LogP contribution in [-0.2, 0) is 4.79 Å². The molecule has 3 N–H and O–H groups in total. The fraction of sp³-hybridized carbons (Fsp3) is 0.350. The second-order valence-electron chi connectivity index (χ2n) is 7.95. The average molecular weight is 406 g/mol. The van der Waals surface area contributed by atoms with Crippen LogP contribution in [0.3, 0.4) is 0 Å². The number of imidazole rings is 1. The lowest BCUT2D eigenvalue weighted by atomic mass is 9.74. The van der Waals surface area contributed by atoms with E-state index in [1.165, 1.54) is 6.92 Å². The number of nitrogens with one attached hydrogen (secondary N) is 3. The standard InChI is InChI=1S/C20H22N8O2/c1-11(29)27-20(2)6-13(7-20)24-18-25-16-15(17(26-18)30-3)14(9-22-16)12-8-23-19-21-4-5-28(19)10-12/h4-5,8-10,13H,6-7H2,1-3H3,(H,27,29)(H2,22,24,25,26)/t13-,20+. The van der Waals surface area contributed by atoms with Crippen molar-refractivity contribution in [3.05, 3.63) is 31.0 Å². The van der Waals surface area contributed by atoms with E-state index in [-0.39, 0.29) is 17.5 Å². The summed E-state index contributed by atoms with van der Waals surface area (Å²) < 4.78 is 7.44. The predicted molar refractivity (Wildman–Crippen MR) is 111 cm³/mol. The smallest absolute Gasteiger partial charge is 0.233 e. The van der Waals surface area contributed by atoms with E-state index in [1.807, 2.05) is 29.9 Å². The van der Waals surface area contributed by atoms with E-state index in [1.54, 1.807) is 19.5 Å². The van der Waals surface area contributed by atoms with Crippen molar-refractivity contribution in [2.24, 2.45) is 0 Å². The SMILES string of the molecule is COc1nc(N[C@H]2C[C@@](C)(NC(C)=O)C2)nc2[nH]cc(-c3cnc4nccn4c3)c12. The van der Waals surface area contributed by atoms with Gasteiger partial charge in [0.15, 0.2) is 0 Å². The lowest BCUT2D eigenvalue weighted by molar-refractivity contribution is -0.121. The van der Waals surface area contributed by atoms with Crippen LogP contribution in [0.4, 0.5) is 5.95 Å². The summed E-state index contributed by atoms with van der Waals surface area (Å²) in [6.07, 6.45) is 10.8. The maximum Gasteiger partial charge on any atom is 0.233 e. The summed E-state index contributed by atoms with van der Waals surface area (Å²) in [5.74, 6) is 1.59. The Hall–Kier alpha value is -3.69. The summed E-state index contributed by atoms with van der Waals surface area (Å²) >= 11 is 0. The molecule has 0 radical (unpaired) electrons. The number of hydrogen-bond donors (Lipinski definition) is 3. The van der Waals surface area contributed by atoms with Gasteiger partial charge in [-0.3, -0.25) is 9.20 Å². The number of fused-ring (bicyclic) bond motifs is 2. The third-order valence-electron chi connectivity index (χ3n) is 5.45.